The molecule has 1 aromatic rings. The monoisotopic (exact) mass is 236 g/mol. The second-order valence-electron chi connectivity index (χ2n) is 4.51. The molecule has 1 N–H and O–H groups in total. The maximum Gasteiger partial charge on any atom is 0.397 e. The highest BCUT2D eigenvalue weighted by Gasteiger charge is 2.22. The summed E-state index contributed by atoms with van der Waals surface area (Å²) in [4.78, 5) is 26.7. The molecule has 0 aliphatic rings. The quantitative estimate of drug-likeness (QED) is 0.615. The zero-order chi connectivity index (χ0) is 12.9. The Hall–Kier alpha value is -1.91. The van der Waals surface area contributed by atoms with E-state index in [9.17, 15) is 9.59 Å². The van der Waals surface area contributed by atoms with E-state index in [1.54, 1.807) is 39.1 Å². The third-order valence-electron chi connectivity index (χ3n) is 1.74. The van der Waals surface area contributed by atoms with Crippen molar-refractivity contribution in [3.63, 3.8) is 0 Å². The van der Waals surface area contributed by atoms with Gasteiger partial charge in [-0.15, -0.1) is 0 Å². The Balaban J connectivity index is 2.43. The summed E-state index contributed by atoms with van der Waals surface area (Å²) in [6.45, 7) is 5.32. The van der Waals surface area contributed by atoms with Crippen molar-refractivity contribution in [2.75, 3.05) is 0 Å². The summed E-state index contributed by atoms with van der Waals surface area (Å²) in [6, 6.07) is 5.34. The summed E-state index contributed by atoms with van der Waals surface area (Å²) in [5, 5.41) is 2.45. The van der Waals surface area contributed by atoms with Crippen LogP contribution in [0.4, 0.5) is 0 Å². The second-order valence-corrected chi connectivity index (χ2v) is 4.51. The largest absolute Gasteiger partial charge is 0.453 e. The number of pyridine rings is 1. The van der Waals surface area contributed by atoms with Gasteiger partial charge in [0.25, 0.3) is 0 Å². The van der Waals surface area contributed by atoms with E-state index in [0.717, 1.165) is 0 Å². The van der Waals surface area contributed by atoms with Crippen LogP contribution in [0.25, 0.3) is 0 Å². The Kier molecular flexibility index (Phi) is 4.20. The van der Waals surface area contributed by atoms with E-state index in [-0.39, 0.29) is 6.54 Å². The van der Waals surface area contributed by atoms with Crippen LogP contribution in [0.5, 0.6) is 0 Å². The normalized spacial score (nSPS) is 10.8. The number of amides is 1. The van der Waals surface area contributed by atoms with Gasteiger partial charge in [0.05, 0.1) is 12.2 Å². The number of nitrogens with zero attached hydrogens (tertiary/aromatic N) is 1. The Bertz CT molecular complexity index is 396. The summed E-state index contributed by atoms with van der Waals surface area (Å²) in [5.74, 6) is -1.64. The Morgan fingerprint density at radius 1 is 1.35 bits per heavy atom. The lowest BCUT2D eigenvalue weighted by atomic mass is 10.2. The minimum atomic E-state index is -0.881. The number of hydrogen-bond donors (Lipinski definition) is 1. The van der Waals surface area contributed by atoms with Crippen LogP contribution in [-0.4, -0.2) is 22.5 Å². The smallest absolute Gasteiger partial charge is 0.397 e. The third kappa shape index (κ3) is 5.10. The molecular weight excluding hydrogens is 220 g/mol. The summed E-state index contributed by atoms with van der Waals surface area (Å²) < 4.78 is 4.92. The van der Waals surface area contributed by atoms with Gasteiger partial charge in [0.1, 0.15) is 5.60 Å². The van der Waals surface area contributed by atoms with Gasteiger partial charge in [-0.3, -0.25) is 9.78 Å². The van der Waals surface area contributed by atoms with Gasteiger partial charge >= 0.3 is 11.9 Å². The highest BCUT2D eigenvalue weighted by Crippen LogP contribution is 2.06. The molecule has 0 unspecified atom stereocenters. The maximum absolute atomic E-state index is 11.4. The van der Waals surface area contributed by atoms with Crippen molar-refractivity contribution in [3.8, 4) is 0 Å². The number of esters is 1. The molecule has 0 aliphatic heterocycles. The molecule has 0 saturated carbocycles. The molecule has 0 spiro atoms. The predicted octanol–water partition coefficient (Wildman–Crippen LogP) is 1.04. The van der Waals surface area contributed by atoms with Crippen LogP contribution in [0.1, 0.15) is 26.5 Å². The molecule has 0 bridgehead atoms. The number of nitrogens with one attached hydrogen (secondary N) is 1. The Labute approximate surface area is 100 Å². The van der Waals surface area contributed by atoms with E-state index in [1.165, 1.54) is 0 Å². The highest BCUT2D eigenvalue weighted by molar-refractivity contribution is 6.32. The molecule has 5 heteroatoms. The summed E-state index contributed by atoms with van der Waals surface area (Å²) in [6.07, 6.45) is 1.62. The zero-order valence-electron chi connectivity index (χ0n) is 10.2. The number of ether oxygens (including phenoxy) is 1. The van der Waals surface area contributed by atoms with Gasteiger partial charge in [-0.1, -0.05) is 6.07 Å². The molecule has 1 rings (SSSR count). The molecular formula is C12H16N2O3. The molecule has 0 saturated heterocycles. The van der Waals surface area contributed by atoms with Gasteiger partial charge in [-0.25, -0.2) is 4.79 Å². The van der Waals surface area contributed by atoms with Gasteiger partial charge in [0.15, 0.2) is 0 Å². The van der Waals surface area contributed by atoms with Crippen LogP contribution in [0.3, 0.4) is 0 Å². The molecule has 0 fully saturated rings. The number of carbonyl (C=O) groups is 2. The predicted molar refractivity (Wildman–Crippen MR) is 61.9 cm³/mol. The number of rotatable bonds is 2. The lowest BCUT2D eigenvalue weighted by Crippen LogP contribution is -2.36. The fourth-order valence-corrected chi connectivity index (χ4v) is 1.07. The van der Waals surface area contributed by atoms with E-state index in [2.05, 4.69) is 10.3 Å². The summed E-state index contributed by atoms with van der Waals surface area (Å²) in [5.41, 5.74) is 0.0174. The second kappa shape index (κ2) is 5.43. The van der Waals surface area contributed by atoms with Crippen molar-refractivity contribution in [3.05, 3.63) is 30.1 Å². The molecule has 92 valence electrons. The van der Waals surface area contributed by atoms with Crippen molar-refractivity contribution in [1.82, 2.24) is 10.3 Å². The first-order chi connectivity index (χ1) is 7.88. The van der Waals surface area contributed by atoms with Crippen LogP contribution in [0.2, 0.25) is 0 Å². The SMILES string of the molecule is CC(C)(C)OC(=O)C(=O)NCc1ccccn1. The maximum atomic E-state index is 11.4. The number of aromatic nitrogens is 1. The van der Waals surface area contributed by atoms with E-state index < -0.39 is 17.5 Å². The molecule has 0 aliphatic carbocycles. The average Bonchev–Trinajstić information content (AvgIpc) is 2.25. The average molecular weight is 236 g/mol. The number of hydrogen-bond acceptors (Lipinski definition) is 4. The molecule has 1 aromatic heterocycles. The highest BCUT2D eigenvalue weighted by atomic mass is 16.6. The molecule has 1 amide bonds. The van der Waals surface area contributed by atoms with Gasteiger partial charge < -0.3 is 10.1 Å². The Morgan fingerprint density at radius 3 is 2.59 bits per heavy atom. The summed E-state index contributed by atoms with van der Waals surface area (Å²) in [7, 11) is 0. The van der Waals surface area contributed by atoms with Gasteiger partial charge in [-0.2, -0.15) is 0 Å². The van der Waals surface area contributed by atoms with Gasteiger partial charge in [-0.05, 0) is 32.9 Å². The fourth-order valence-electron chi connectivity index (χ4n) is 1.07. The van der Waals surface area contributed by atoms with Crippen molar-refractivity contribution in [1.29, 1.82) is 0 Å². The van der Waals surface area contributed by atoms with Crippen molar-refractivity contribution in [2.45, 2.75) is 32.9 Å². The molecule has 5 nitrogen and oxygen atoms in total. The molecule has 17 heavy (non-hydrogen) atoms. The van der Waals surface area contributed by atoms with Crippen LogP contribution in [0.15, 0.2) is 24.4 Å². The van der Waals surface area contributed by atoms with Crippen LogP contribution >= 0.6 is 0 Å². The van der Waals surface area contributed by atoms with Crippen LogP contribution < -0.4 is 5.32 Å². The fraction of sp³-hybridized carbons (Fsp3) is 0.417. The van der Waals surface area contributed by atoms with Gasteiger partial charge in [0, 0.05) is 6.20 Å². The van der Waals surface area contributed by atoms with E-state index in [1.807, 2.05) is 6.07 Å². The summed E-state index contributed by atoms with van der Waals surface area (Å²) >= 11 is 0. The van der Waals surface area contributed by atoms with E-state index >= 15 is 0 Å². The topological polar surface area (TPSA) is 68.3 Å². The first-order valence-corrected chi connectivity index (χ1v) is 5.29. The standard InChI is InChI=1S/C12H16N2O3/c1-12(2,3)17-11(16)10(15)14-8-9-6-4-5-7-13-9/h4-7H,8H2,1-3H3,(H,14,15). The minimum absolute atomic E-state index is 0.207. The van der Waals surface area contributed by atoms with Crippen molar-refractivity contribution < 1.29 is 14.3 Å². The van der Waals surface area contributed by atoms with Gasteiger partial charge in [0.2, 0.25) is 0 Å². The molecule has 0 atom stereocenters. The zero-order valence-corrected chi connectivity index (χ0v) is 10.2. The lowest BCUT2D eigenvalue weighted by Gasteiger charge is -2.18. The lowest BCUT2D eigenvalue weighted by molar-refractivity contribution is -0.163. The van der Waals surface area contributed by atoms with Crippen LogP contribution in [-0.2, 0) is 20.9 Å². The first-order valence-electron chi connectivity index (χ1n) is 5.29. The van der Waals surface area contributed by atoms with Crippen molar-refractivity contribution >= 4 is 11.9 Å². The molecule has 1 heterocycles. The molecule has 0 radical (unpaired) electrons. The van der Waals surface area contributed by atoms with E-state index in [4.69, 9.17) is 4.74 Å². The number of carbonyl (C=O) groups excluding carboxylic acids is 2. The first kappa shape index (κ1) is 13.2. The van der Waals surface area contributed by atoms with E-state index in [0.29, 0.717) is 5.69 Å². The molecule has 0 aromatic carbocycles. The Morgan fingerprint density at radius 2 is 2.06 bits per heavy atom. The van der Waals surface area contributed by atoms with Crippen molar-refractivity contribution in [2.24, 2.45) is 0 Å². The van der Waals surface area contributed by atoms with Crippen LogP contribution in [0, 0.1) is 0 Å². The minimum Gasteiger partial charge on any atom is -0.453 e. The third-order valence-corrected chi connectivity index (χ3v) is 1.74.